The van der Waals surface area contributed by atoms with Crippen LogP contribution in [0.2, 0.25) is 0 Å². The average molecular weight is 332 g/mol. The molecule has 1 saturated heterocycles. The summed E-state index contributed by atoms with van der Waals surface area (Å²) >= 11 is 3.16. The maximum absolute atomic E-state index is 13.9. The number of aliphatic hydroxyl groups is 1. The molecule has 0 unspecified atom stereocenters. The third-order valence-electron chi connectivity index (χ3n) is 3.90. The second kappa shape index (κ2) is 4.77. The highest BCUT2D eigenvalue weighted by Gasteiger charge is 2.47. The number of halogens is 2. The van der Waals surface area contributed by atoms with E-state index in [1.807, 2.05) is 0 Å². The third kappa shape index (κ3) is 2.42. The summed E-state index contributed by atoms with van der Waals surface area (Å²) in [5, 5.41) is 10.6. The van der Waals surface area contributed by atoms with Gasteiger partial charge in [0.25, 0.3) is 0 Å². The van der Waals surface area contributed by atoms with E-state index in [0.29, 0.717) is 43.4 Å². The van der Waals surface area contributed by atoms with Gasteiger partial charge in [0.15, 0.2) is 5.79 Å². The predicted molar refractivity (Wildman–Crippen MR) is 68.9 cm³/mol. The Bertz CT molecular complexity index is 481. The molecule has 1 spiro atoms. The zero-order valence-electron chi connectivity index (χ0n) is 10.4. The highest BCUT2D eigenvalue weighted by molar-refractivity contribution is 9.10. The molecule has 0 aromatic carbocycles. The molecule has 6 heteroatoms. The lowest BCUT2D eigenvalue weighted by molar-refractivity contribution is -0.205. The molecule has 1 aliphatic heterocycles. The van der Waals surface area contributed by atoms with Gasteiger partial charge >= 0.3 is 0 Å². The van der Waals surface area contributed by atoms with Crippen molar-refractivity contribution in [2.45, 2.75) is 37.1 Å². The van der Waals surface area contributed by atoms with E-state index < -0.39 is 17.2 Å². The Hall–Kier alpha value is -0.560. The molecule has 2 heterocycles. The maximum Gasteiger partial charge on any atom is 0.168 e. The number of hydrogen-bond donors (Lipinski definition) is 1. The number of ether oxygens (including phenoxy) is 2. The fraction of sp³-hybridized carbons (Fsp3) is 0.615. The third-order valence-corrected chi connectivity index (χ3v) is 4.33. The molecule has 19 heavy (non-hydrogen) atoms. The van der Waals surface area contributed by atoms with Crippen molar-refractivity contribution in [1.82, 2.24) is 4.98 Å². The van der Waals surface area contributed by atoms with Crippen LogP contribution in [0.1, 0.15) is 31.4 Å². The maximum atomic E-state index is 13.9. The number of aromatic nitrogens is 1. The van der Waals surface area contributed by atoms with Gasteiger partial charge in [-0.05, 0) is 34.8 Å². The first kappa shape index (κ1) is 13.4. The van der Waals surface area contributed by atoms with Gasteiger partial charge in [0.05, 0.1) is 13.2 Å². The highest BCUT2D eigenvalue weighted by atomic mass is 79.9. The van der Waals surface area contributed by atoms with Crippen molar-refractivity contribution < 1.29 is 19.0 Å². The molecule has 1 aliphatic carbocycles. The molecule has 0 amide bonds. The second-order valence-corrected chi connectivity index (χ2v) is 6.04. The summed E-state index contributed by atoms with van der Waals surface area (Å²) in [4.78, 5) is 4.03. The van der Waals surface area contributed by atoms with Crippen molar-refractivity contribution >= 4 is 15.9 Å². The summed E-state index contributed by atoms with van der Waals surface area (Å²) < 4.78 is 25.7. The SMILES string of the molecule is OC1(c2ncc(Br)cc2F)CCC2(CC1)OCCO2. The van der Waals surface area contributed by atoms with Gasteiger partial charge in [-0.25, -0.2) is 4.39 Å². The van der Waals surface area contributed by atoms with E-state index in [-0.39, 0.29) is 5.69 Å². The zero-order valence-corrected chi connectivity index (χ0v) is 12.0. The molecule has 0 atom stereocenters. The van der Waals surface area contributed by atoms with Crippen LogP contribution in [0.15, 0.2) is 16.7 Å². The van der Waals surface area contributed by atoms with Crippen LogP contribution in [0.5, 0.6) is 0 Å². The molecule has 4 nitrogen and oxygen atoms in total. The monoisotopic (exact) mass is 331 g/mol. The normalized spacial score (nSPS) is 24.8. The number of hydrogen-bond acceptors (Lipinski definition) is 4. The van der Waals surface area contributed by atoms with E-state index in [1.165, 1.54) is 12.3 Å². The average Bonchev–Trinajstić information content (AvgIpc) is 2.82. The van der Waals surface area contributed by atoms with Crippen LogP contribution in [0.3, 0.4) is 0 Å². The van der Waals surface area contributed by atoms with E-state index in [2.05, 4.69) is 20.9 Å². The van der Waals surface area contributed by atoms with Crippen LogP contribution in [-0.2, 0) is 15.1 Å². The van der Waals surface area contributed by atoms with Gasteiger partial charge in [0, 0.05) is 23.5 Å². The van der Waals surface area contributed by atoms with Crippen LogP contribution in [0.4, 0.5) is 4.39 Å². The molecule has 1 aromatic heterocycles. The lowest BCUT2D eigenvalue weighted by Gasteiger charge is -2.40. The van der Waals surface area contributed by atoms with Crippen molar-refractivity contribution in [3.05, 3.63) is 28.2 Å². The number of nitrogens with zero attached hydrogens (tertiary/aromatic N) is 1. The van der Waals surface area contributed by atoms with Crippen molar-refractivity contribution in [2.75, 3.05) is 13.2 Å². The minimum absolute atomic E-state index is 0.114. The molecule has 1 aromatic rings. The van der Waals surface area contributed by atoms with Crippen molar-refractivity contribution in [3.63, 3.8) is 0 Å². The molecule has 1 N–H and O–H groups in total. The lowest BCUT2D eigenvalue weighted by atomic mass is 9.79. The second-order valence-electron chi connectivity index (χ2n) is 5.12. The van der Waals surface area contributed by atoms with Gasteiger partial charge in [-0.15, -0.1) is 0 Å². The number of pyridine rings is 1. The van der Waals surface area contributed by atoms with E-state index in [0.717, 1.165) is 0 Å². The van der Waals surface area contributed by atoms with Gasteiger partial charge in [-0.3, -0.25) is 4.98 Å². The summed E-state index contributed by atoms with van der Waals surface area (Å²) in [5.74, 6) is -1.06. The van der Waals surface area contributed by atoms with Gasteiger partial charge in [0.1, 0.15) is 17.1 Å². The van der Waals surface area contributed by atoms with E-state index >= 15 is 0 Å². The van der Waals surface area contributed by atoms with Crippen LogP contribution in [0, 0.1) is 5.82 Å². The Morgan fingerprint density at radius 3 is 2.42 bits per heavy atom. The molecule has 2 fully saturated rings. The van der Waals surface area contributed by atoms with Crippen LogP contribution in [0.25, 0.3) is 0 Å². The first-order valence-corrected chi connectivity index (χ1v) is 7.14. The summed E-state index contributed by atoms with van der Waals surface area (Å²) in [7, 11) is 0. The Balaban J connectivity index is 1.81. The topological polar surface area (TPSA) is 51.6 Å². The Morgan fingerprint density at radius 2 is 1.84 bits per heavy atom. The van der Waals surface area contributed by atoms with E-state index in [9.17, 15) is 9.50 Å². The minimum atomic E-state index is -1.23. The van der Waals surface area contributed by atoms with Crippen LogP contribution < -0.4 is 0 Å². The smallest absolute Gasteiger partial charge is 0.168 e. The summed E-state index contributed by atoms with van der Waals surface area (Å²) in [6, 6.07) is 1.33. The van der Waals surface area contributed by atoms with Crippen molar-refractivity contribution in [1.29, 1.82) is 0 Å². The fourth-order valence-electron chi connectivity index (χ4n) is 2.82. The minimum Gasteiger partial charge on any atom is -0.383 e. The molecule has 1 saturated carbocycles. The summed E-state index contributed by atoms with van der Waals surface area (Å²) in [6.07, 6.45) is 3.39. The predicted octanol–water partition coefficient (Wildman–Crippen LogP) is 2.49. The molecule has 0 radical (unpaired) electrons. The van der Waals surface area contributed by atoms with Crippen molar-refractivity contribution in [2.24, 2.45) is 0 Å². The molecular weight excluding hydrogens is 317 g/mol. The molecule has 0 bridgehead atoms. The van der Waals surface area contributed by atoms with Gasteiger partial charge in [-0.1, -0.05) is 0 Å². The van der Waals surface area contributed by atoms with Crippen LogP contribution >= 0.6 is 15.9 Å². The Kier molecular flexibility index (Phi) is 3.37. The molecule has 3 rings (SSSR count). The molecule has 104 valence electrons. The Labute approximate surface area is 119 Å². The standard InChI is InChI=1S/C13H15BrFNO3/c14-9-7-10(15)11(16-8-9)12(17)1-3-13(4-2-12)18-5-6-19-13/h7-8,17H,1-6H2. The van der Waals surface area contributed by atoms with Crippen LogP contribution in [-0.4, -0.2) is 29.1 Å². The summed E-state index contributed by atoms with van der Waals surface area (Å²) in [6.45, 7) is 1.17. The molecular formula is C13H15BrFNO3. The quantitative estimate of drug-likeness (QED) is 0.859. The molecule has 2 aliphatic rings. The van der Waals surface area contributed by atoms with E-state index in [1.54, 1.807) is 0 Å². The van der Waals surface area contributed by atoms with Gasteiger partial charge < -0.3 is 14.6 Å². The largest absolute Gasteiger partial charge is 0.383 e. The van der Waals surface area contributed by atoms with Gasteiger partial charge in [-0.2, -0.15) is 0 Å². The fourth-order valence-corrected chi connectivity index (χ4v) is 3.13. The first-order chi connectivity index (χ1) is 9.03. The highest BCUT2D eigenvalue weighted by Crippen LogP contribution is 2.44. The number of rotatable bonds is 1. The van der Waals surface area contributed by atoms with Crippen molar-refractivity contribution in [3.8, 4) is 0 Å². The lowest BCUT2D eigenvalue weighted by Crippen LogP contribution is -2.42. The van der Waals surface area contributed by atoms with Gasteiger partial charge in [0.2, 0.25) is 0 Å². The van der Waals surface area contributed by atoms with E-state index in [4.69, 9.17) is 9.47 Å². The first-order valence-electron chi connectivity index (χ1n) is 6.35. The Morgan fingerprint density at radius 1 is 1.21 bits per heavy atom. The zero-order chi connectivity index (χ0) is 13.5. The summed E-state index contributed by atoms with van der Waals surface area (Å²) in [5.41, 5.74) is -1.12.